The van der Waals surface area contributed by atoms with Crippen LogP contribution in [0.3, 0.4) is 0 Å². The van der Waals surface area contributed by atoms with Gasteiger partial charge in [0.1, 0.15) is 17.6 Å². The van der Waals surface area contributed by atoms with Gasteiger partial charge in [0, 0.05) is 24.2 Å². The standard InChI is InChI=1S/C30H33N3O4/c34-29(24-11-9-22(10-12-24)21-7-8-21)33-27(30(35)36)19-20-5-15-26(16-6-20)37-18-2-4-25-14-13-23-3-1-17-31-28(23)32-25/h5-6,9-16,21,27H,1-4,7-8,17-19H2,(H,31,32)(H,33,34)(H,35,36)/t27-/m0/s1. The summed E-state index contributed by atoms with van der Waals surface area (Å²) in [4.78, 5) is 29.1. The number of fused-ring (bicyclic) bond motifs is 1. The van der Waals surface area contributed by atoms with Gasteiger partial charge in [0.2, 0.25) is 0 Å². The van der Waals surface area contributed by atoms with Gasteiger partial charge >= 0.3 is 5.97 Å². The van der Waals surface area contributed by atoms with E-state index in [1.165, 1.54) is 24.0 Å². The van der Waals surface area contributed by atoms with Crippen LogP contribution in [0.25, 0.3) is 0 Å². The van der Waals surface area contributed by atoms with Crippen molar-refractivity contribution < 1.29 is 19.4 Å². The maximum Gasteiger partial charge on any atom is 0.326 e. The molecule has 2 aromatic carbocycles. The number of aliphatic carboxylic acids is 1. The fourth-order valence-electron chi connectivity index (χ4n) is 4.67. The van der Waals surface area contributed by atoms with E-state index in [0.717, 1.165) is 55.1 Å². The average molecular weight is 500 g/mol. The summed E-state index contributed by atoms with van der Waals surface area (Å²) in [6.45, 7) is 1.55. The number of hydrogen-bond donors (Lipinski definition) is 3. The molecule has 1 fully saturated rings. The highest BCUT2D eigenvalue weighted by Gasteiger charge is 2.24. The van der Waals surface area contributed by atoms with E-state index in [4.69, 9.17) is 9.72 Å². The number of nitrogens with zero attached hydrogens (tertiary/aromatic N) is 1. The third-order valence-electron chi connectivity index (χ3n) is 6.99. The van der Waals surface area contributed by atoms with Crippen molar-refractivity contribution in [2.24, 2.45) is 0 Å². The van der Waals surface area contributed by atoms with Crippen LogP contribution in [0.4, 0.5) is 5.82 Å². The molecule has 1 aromatic heterocycles. The molecular formula is C30H33N3O4. The van der Waals surface area contributed by atoms with Crippen molar-refractivity contribution in [1.29, 1.82) is 0 Å². The largest absolute Gasteiger partial charge is 0.494 e. The highest BCUT2D eigenvalue weighted by Crippen LogP contribution is 2.39. The number of anilines is 1. The molecular weight excluding hydrogens is 466 g/mol. The minimum absolute atomic E-state index is 0.194. The average Bonchev–Trinajstić information content (AvgIpc) is 3.77. The molecule has 7 nitrogen and oxygen atoms in total. The van der Waals surface area contributed by atoms with E-state index < -0.39 is 12.0 Å². The minimum atomic E-state index is -1.06. The Morgan fingerprint density at radius 1 is 1.05 bits per heavy atom. The van der Waals surface area contributed by atoms with Gasteiger partial charge in [0.15, 0.2) is 0 Å². The Morgan fingerprint density at radius 2 is 1.84 bits per heavy atom. The molecule has 2 heterocycles. The molecule has 1 atom stereocenters. The van der Waals surface area contributed by atoms with Crippen molar-refractivity contribution in [2.75, 3.05) is 18.5 Å². The molecule has 3 N–H and O–H groups in total. The maximum atomic E-state index is 12.6. The van der Waals surface area contributed by atoms with Crippen molar-refractivity contribution in [1.82, 2.24) is 10.3 Å². The number of pyridine rings is 1. The number of aryl methyl sites for hydroxylation is 2. The third-order valence-corrected chi connectivity index (χ3v) is 6.99. The van der Waals surface area contributed by atoms with Crippen molar-refractivity contribution in [3.8, 4) is 5.75 Å². The second-order valence-corrected chi connectivity index (χ2v) is 9.90. The zero-order valence-electron chi connectivity index (χ0n) is 20.9. The molecule has 2 aliphatic rings. The number of carbonyl (C=O) groups excluding carboxylic acids is 1. The first-order valence-electron chi connectivity index (χ1n) is 13.1. The summed E-state index contributed by atoms with van der Waals surface area (Å²) >= 11 is 0. The second-order valence-electron chi connectivity index (χ2n) is 9.90. The number of benzene rings is 2. The molecule has 0 unspecified atom stereocenters. The summed E-state index contributed by atoms with van der Waals surface area (Å²) in [5.74, 6) is 0.922. The first kappa shape index (κ1) is 24.8. The Hall–Kier alpha value is -3.87. The number of rotatable bonds is 11. The van der Waals surface area contributed by atoms with Crippen molar-refractivity contribution >= 4 is 17.7 Å². The monoisotopic (exact) mass is 499 g/mol. The van der Waals surface area contributed by atoms with Gasteiger partial charge in [-0.1, -0.05) is 30.3 Å². The molecule has 1 aliphatic carbocycles. The lowest BCUT2D eigenvalue weighted by Gasteiger charge is -2.17. The first-order chi connectivity index (χ1) is 18.0. The van der Waals surface area contributed by atoms with Gasteiger partial charge in [0.05, 0.1) is 6.61 Å². The summed E-state index contributed by atoms with van der Waals surface area (Å²) in [6, 6.07) is 18.1. The van der Waals surface area contributed by atoms with Gasteiger partial charge in [-0.15, -0.1) is 0 Å². The molecule has 37 heavy (non-hydrogen) atoms. The van der Waals surface area contributed by atoms with E-state index in [1.807, 2.05) is 36.4 Å². The normalized spacial score (nSPS) is 15.2. The van der Waals surface area contributed by atoms with E-state index in [0.29, 0.717) is 18.1 Å². The van der Waals surface area contributed by atoms with Crippen LogP contribution < -0.4 is 15.4 Å². The molecule has 7 heteroatoms. The Kier molecular flexibility index (Phi) is 7.68. The van der Waals surface area contributed by atoms with E-state index in [9.17, 15) is 14.7 Å². The Labute approximate surface area is 217 Å². The zero-order chi connectivity index (χ0) is 25.6. The molecule has 0 bridgehead atoms. The summed E-state index contributed by atoms with van der Waals surface area (Å²) in [7, 11) is 0. The number of hydrogen-bond acceptors (Lipinski definition) is 5. The van der Waals surface area contributed by atoms with Crippen LogP contribution in [0.15, 0.2) is 60.7 Å². The van der Waals surface area contributed by atoms with E-state index in [1.54, 1.807) is 12.1 Å². The van der Waals surface area contributed by atoms with Crippen LogP contribution in [0.2, 0.25) is 0 Å². The topological polar surface area (TPSA) is 101 Å². The molecule has 192 valence electrons. The highest BCUT2D eigenvalue weighted by molar-refractivity contribution is 5.96. The van der Waals surface area contributed by atoms with E-state index in [2.05, 4.69) is 22.8 Å². The predicted octanol–water partition coefficient (Wildman–Crippen LogP) is 4.75. The number of ether oxygens (including phenoxy) is 1. The van der Waals surface area contributed by atoms with Gasteiger partial charge in [0.25, 0.3) is 5.91 Å². The lowest BCUT2D eigenvalue weighted by atomic mass is 10.0. The summed E-state index contributed by atoms with van der Waals surface area (Å²) in [6.07, 6.45) is 6.52. The zero-order valence-corrected chi connectivity index (χ0v) is 20.9. The molecule has 1 saturated carbocycles. The minimum Gasteiger partial charge on any atom is -0.494 e. The molecule has 5 rings (SSSR count). The van der Waals surface area contributed by atoms with Crippen LogP contribution in [0.5, 0.6) is 5.75 Å². The summed E-state index contributed by atoms with van der Waals surface area (Å²) < 4.78 is 5.87. The summed E-state index contributed by atoms with van der Waals surface area (Å²) in [5.41, 5.74) is 4.88. The van der Waals surface area contributed by atoms with Gasteiger partial charge < -0.3 is 20.5 Å². The van der Waals surface area contributed by atoms with Crippen molar-refractivity contribution in [3.63, 3.8) is 0 Å². The third kappa shape index (κ3) is 6.67. The van der Waals surface area contributed by atoms with Gasteiger partial charge in [-0.25, -0.2) is 9.78 Å². The number of carbonyl (C=O) groups is 2. The number of aromatic nitrogens is 1. The number of nitrogens with one attached hydrogen (secondary N) is 2. The molecule has 1 amide bonds. The number of carboxylic acid groups (broad SMARTS) is 1. The molecule has 1 aliphatic heterocycles. The molecule has 3 aromatic rings. The van der Waals surface area contributed by atoms with Crippen molar-refractivity contribution in [3.05, 3.63) is 88.6 Å². The SMILES string of the molecule is O=C(N[C@@H](Cc1ccc(OCCCc2ccc3c(n2)NCCC3)cc1)C(=O)O)c1ccc(C2CC2)cc1. The van der Waals surface area contributed by atoms with E-state index in [-0.39, 0.29) is 12.3 Å². The predicted molar refractivity (Wildman–Crippen MR) is 142 cm³/mol. The Bertz CT molecular complexity index is 1240. The molecule has 0 spiro atoms. The van der Waals surface area contributed by atoms with Crippen molar-refractivity contribution in [2.45, 2.75) is 56.9 Å². The molecule has 0 radical (unpaired) electrons. The quantitative estimate of drug-likeness (QED) is 0.329. The lowest BCUT2D eigenvalue weighted by Crippen LogP contribution is -2.42. The van der Waals surface area contributed by atoms with Crippen LogP contribution in [0, 0.1) is 0 Å². The smallest absolute Gasteiger partial charge is 0.326 e. The number of amides is 1. The highest BCUT2D eigenvalue weighted by atomic mass is 16.5. The first-order valence-corrected chi connectivity index (χ1v) is 13.1. The van der Waals surface area contributed by atoms with Crippen LogP contribution in [-0.2, 0) is 24.1 Å². The lowest BCUT2D eigenvalue weighted by molar-refractivity contribution is -0.139. The number of carboxylic acids is 1. The second kappa shape index (κ2) is 11.5. The maximum absolute atomic E-state index is 12.6. The van der Waals surface area contributed by atoms with Gasteiger partial charge in [-0.2, -0.15) is 0 Å². The Balaban J connectivity index is 1.08. The van der Waals surface area contributed by atoms with E-state index >= 15 is 0 Å². The Morgan fingerprint density at radius 3 is 2.57 bits per heavy atom. The van der Waals surface area contributed by atoms with Crippen LogP contribution >= 0.6 is 0 Å². The fourth-order valence-corrected chi connectivity index (χ4v) is 4.67. The van der Waals surface area contributed by atoms with Gasteiger partial charge in [-0.05, 0) is 91.5 Å². The van der Waals surface area contributed by atoms with Crippen LogP contribution in [-0.4, -0.2) is 41.2 Å². The fraction of sp³-hybridized carbons (Fsp3) is 0.367. The van der Waals surface area contributed by atoms with Gasteiger partial charge in [-0.3, -0.25) is 4.79 Å². The summed E-state index contributed by atoms with van der Waals surface area (Å²) in [5, 5.41) is 15.7. The molecule has 0 saturated heterocycles. The van der Waals surface area contributed by atoms with Crippen LogP contribution in [0.1, 0.15) is 64.3 Å².